The molecule has 0 unspecified atom stereocenters. The third-order valence-corrected chi connectivity index (χ3v) is 5.10. The van der Waals surface area contributed by atoms with Gasteiger partial charge in [0.05, 0.1) is 15.9 Å². The van der Waals surface area contributed by atoms with Gasteiger partial charge < -0.3 is 19.4 Å². The second kappa shape index (κ2) is 5.39. The van der Waals surface area contributed by atoms with Gasteiger partial charge >= 0.3 is 5.69 Å². The van der Waals surface area contributed by atoms with Gasteiger partial charge in [-0.25, -0.2) is 17.9 Å². The predicted molar refractivity (Wildman–Crippen MR) is 85.5 cm³/mol. The molecule has 1 aliphatic rings. The Hall–Kier alpha value is -2.78. The fraction of sp³-hybridized carbons (Fsp3) is 0.133. The maximum atomic E-state index is 12.4. The predicted octanol–water partition coefficient (Wildman–Crippen LogP) is 1.06. The van der Waals surface area contributed by atoms with E-state index in [1.165, 1.54) is 12.1 Å². The van der Waals surface area contributed by atoms with Crippen LogP contribution in [0.4, 0.5) is 0 Å². The minimum atomic E-state index is -3.71. The third kappa shape index (κ3) is 2.63. The van der Waals surface area contributed by atoms with Crippen LogP contribution in [0.5, 0.6) is 11.5 Å². The van der Waals surface area contributed by atoms with E-state index < -0.39 is 10.0 Å². The molecule has 4 rings (SSSR count). The van der Waals surface area contributed by atoms with Crippen LogP contribution < -0.4 is 19.9 Å². The van der Waals surface area contributed by atoms with Crippen LogP contribution in [0, 0.1) is 0 Å². The SMILES string of the molecule is O=c1[nH]c2ccc(S(=O)(=O)NCc3ccc4c(c3)OCO4)cc2[nH]1. The van der Waals surface area contributed by atoms with Crippen molar-refractivity contribution in [2.24, 2.45) is 0 Å². The number of imidazole rings is 1. The van der Waals surface area contributed by atoms with E-state index in [1.54, 1.807) is 24.3 Å². The second-order valence-corrected chi connectivity index (χ2v) is 7.07. The van der Waals surface area contributed by atoms with Crippen LogP contribution in [-0.2, 0) is 16.6 Å². The van der Waals surface area contributed by atoms with E-state index in [0.29, 0.717) is 22.5 Å². The van der Waals surface area contributed by atoms with Gasteiger partial charge in [0.25, 0.3) is 0 Å². The number of fused-ring (bicyclic) bond motifs is 2. The lowest BCUT2D eigenvalue weighted by atomic mass is 10.2. The van der Waals surface area contributed by atoms with Gasteiger partial charge in [-0.3, -0.25) is 0 Å². The highest BCUT2D eigenvalue weighted by Gasteiger charge is 2.17. The van der Waals surface area contributed by atoms with Crippen LogP contribution in [0.3, 0.4) is 0 Å². The summed E-state index contributed by atoms with van der Waals surface area (Å²) in [5.74, 6) is 1.24. The Morgan fingerprint density at radius 3 is 2.67 bits per heavy atom. The zero-order valence-electron chi connectivity index (χ0n) is 12.3. The summed E-state index contributed by atoms with van der Waals surface area (Å²) in [4.78, 5) is 16.4. The number of nitrogens with one attached hydrogen (secondary N) is 3. The average molecular weight is 347 g/mol. The molecule has 124 valence electrons. The average Bonchev–Trinajstić information content (AvgIpc) is 3.16. The monoisotopic (exact) mass is 347 g/mol. The normalized spacial score (nSPS) is 13.5. The lowest BCUT2D eigenvalue weighted by molar-refractivity contribution is 0.174. The van der Waals surface area contributed by atoms with E-state index in [0.717, 1.165) is 5.56 Å². The number of benzene rings is 2. The number of H-pyrrole nitrogens is 2. The molecule has 0 amide bonds. The van der Waals surface area contributed by atoms with E-state index >= 15 is 0 Å². The molecule has 3 aromatic rings. The molecule has 8 nitrogen and oxygen atoms in total. The quantitative estimate of drug-likeness (QED) is 0.653. The number of hydrogen-bond donors (Lipinski definition) is 3. The summed E-state index contributed by atoms with van der Waals surface area (Å²) in [6.07, 6.45) is 0. The Kier molecular flexibility index (Phi) is 3.32. The smallest absolute Gasteiger partial charge is 0.323 e. The van der Waals surface area contributed by atoms with E-state index in [-0.39, 0.29) is 23.9 Å². The number of sulfonamides is 1. The lowest BCUT2D eigenvalue weighted by Gasteiger charge is -2.07. The standard InChI is InChI=1S/C15H13N3O5S/c19-15-17-11-3-2-10(6-12(11)18-15)24(20,21)16-7-9-1-4-13-14(5-9)23-8-22-13/h1-6,16H,7-8H2,(H2,17,18,19). The maximum Gasteiger partial charge on any atom is 0.323 e. The van der Waals surface area contributed by atoms with Crippen LogP contribution in [0.2, 0.25) is 0 Å². The van der Waals surface area contributed by atoms with Gasteiger partial charge in [0, 0.05) is 6.54 Å². The van der Waals surface area contributed by atoms with Crippen molar-refractivity contribution < 1.29 is 17.9 Å². The fourth-order valence-electron chi connectivity index (χ4n) is 2.49. The molecule has 2 heterocycles. The van der Waals surface area contributed by atoms with Crippen molar-refractivity contribution in [2.45, 2.75) is 11.4 Å². The minimum Gasteiger partial charge on any atom is -0.454 e. The van der Waals surface area contributed by atoms with Crippen LogP contribution in [0.15, 0.2) is 46.1 Å². The first kappa shape index (κ1) is 14.8. The van der Waals surface area contributed by atoms with Gasteiger partial charge in [0.1, 0.15) is 0 Å². The van der Waals surface area contributed by atoms with Crippen molar-refractivity contribution in [3.8, 4) is 11.5 Å². The lowest BCUT2D eigenvalue weighted by Crippen LogP contribution is -2.23. The Morgan fingerprint density at radius 1 is 1.00 bits per heavy atom. The second-order valence-electron chi connectivity index (χ2n) is 5.30. The number of aromatic amines is 2. The Morgan fingerprint density at radius 2 is 1.79 bits per heavy atom. The Labute approximate surface area is 136 Å². The molecule has 24 heavy (non-hydrogen) atoms. The van der Waals surface area contributed by atoms with Crippen LogP contribution in [0.1, 0.15) is 5.56 Å². The van der Waals surface area contributed by atoms with Crippen molar-refractivity contribution in [1.82, 2.24) is 14.7 Å². The maximum absolute atomic E-state index is 12.4. The summed E-state index contributed by atoms with van der Waals surface area (Å²) in [6, 6.07) is 9.63. The largest absolute Gasteiger partial charge is 0.454 e. The molecule has 0 aliphatic carbocycles. The molecule has 0 atom stereocenters. The summed E-state index contributed by atoms with van der Waals surface area (Å²) in [7, 11) is -3.71. The fourth-order valence-corrected chi connectivity index (χ4v) is 3.53. The first-order valence-electron chi connectivity index (χ1n) is 7.11. The van der Waals surface area contributed by atoms with Gasteiger partial charge in [-0.1, -0.05) is 6.07 Å². The number of aromatic nitrogens is 2. The van der Waals surface area contributed by atoms with Crippen molar-refractivity contribution in [1.29, 1.82) is 0 Å². The molecular weight excluding hydrogens is 334 g/mol. The number of rotatable bonds is 4. The van der Waals surface area contributed by atoms with Crippen molar-refractivity contribution in [3.05, 3.63) is 52.4 Å². The topological polar surface area (TPSA) is 113 Å². The molecule has 2 aromatic carbocycles. The minimum absolute atomic E-state index is 0.0750. The van der Waals surface area contributed by atoms with Crippen LogP contribution in [-0.4, -0.2) is 25.2 Å². The van der Waals surface area contributed by atoms with Gasteiger partial charge in [-0.2, -0.15) is 0 Å². The van der Waals surface area contributed by atoms with Gasteiger partial charge in [-0.05, 0) is 35.9 Å². The van der Waals surface area contributed by atoms with E-state index in [4.69, 9.17) is 9.47 Å². The van der Waals surface area contributed by atoms with E-state index in [2.05, 4.69) is 14.7 Å². The summed E-state index contributed by atoms with van der Waals surface area (Å²) in [6.45, 7) is 0.278. The molecule has 1 aromatic heterocycles. The van der Waals surface area contributed by atoms with Gasteiger partial charge in [-0.15, -0.1) is 0 Å². The summed E-state index contributed by atoms with van der Waals surface area (Å²) in [5, 5.41) is 0. The zero-order valence-corrected chi connectivity index (χ0v) is 13.1. The Balaban J connectivity index is 1.56. The first-order chi connectivity index (χ1) is 11.5. The number of ether oxygens (including phenoxy) is 2. The highest BCUT2D eigenvalue weighted by molar-refractivity contribution is 7.89. The number of hydrogen-bond acceptors (Lipinski definition) is 5. The van der Waals surface area contributed by atoms with Crippen LogP contribution in [0.25, 0.3) is 11.0 Å². The molecule has 0 radical (unpaired) electrons. The molecule has 3 N–H and O–H groups in total. The van der Waals surface area contributed by atoms with Crippen LogP contribution >= 0.6 is 0 Å². The van der Waals surface area contributed by atoms with Crippen molar-refractivity contribution in [3.63, 3.8) is 0 Å². The molecule has 0 bridgehead atoms. The Bertz CT molecular complexity index is 1080. The van der Waals surface area contributed by atoms with Gasteiger partial charge in [0.15, 0.2) is 11.5 Å². The molecule has 0 spiro atoms. The summed E-state index contributed by atoms with van der Waals surface area (Å²) >= 11 is 0. The summed E-state index contributed by atoms with van der Waals surface area (Å²) < 4.78 is 37.9. The molecule has 9 heteroatoms. The molecule has 0 saturated carbocycles. The van der Waals surface area contributed by atoms with E-state index in [9.17, 15) is 13.2 Å². The highest BCUT2D eigenvalue weighted by Crippen LogP contribution is 2.32. The zero-order chi connectivity index (χ0) is 16.7. The van der Waals surface area contributed by atoms with E-state index in [1.807, 2.05) is 0 Å². The van der Waals surface area contributed by atoms with Crippen molar-refractivity contribution in [2.75, 3.05) is 6.79 Å². The third-order valence-electron chi connectivity index (χ3n) is 3.70. The highest BCUT2D eigenvalue weighted by atomic mass is 32.2. The summed E-state index contributed by atoms with van der Waals surface area (Å²) in [5.41, 5.74) is 1.35. The molecule has 1 aliphatic heterocycles. The van der Waals surface area contributed by atoms with Crippen molar-refractivity contribution >= 4 is 21.1 Å². The molecule has 0 saturated heterocycles. The molecule has 0 fully saturated rings. The molecular formula is C15H13N3O5S. The van der Waals surface area contributed by atoms with Gasteiger partial charge in [0.2, 0.25) is 16.8 Å². The first-order valence-corrected chi connectivity index (χ1v) is 8.60.